The molecule has 1 unspecified atom stereocenters. The summed E-state index contributed by atoms with van der Waals surface area (Å²) < 4.78 is 11.2. The van der Waals surface area contributed by atoms with Crippen LogP contribution >= 0.6 is 0 Å². The van der Waals surface area contributed by atoms with Gasteiger partial charge >= 0.3 is 6.09 Å². The predicted molar refractivity (Wildman–Crippen MR) is 112 cm³/mol. The molecule has 1 aromatic rings. The minimum atomic E-state index is -1.05. The zero-order valence-electron chi connectivity index (χ0n) is 18.5. The summed E-state index contributed by atoms with van der Waals surface area (Å²) in [4.78, 5) is 62.5. The highest BCUT2D eigenvalue weighted by Crippen LogP contribution is 2.25. The Bertz CT molecular complexity index is 947. The number of aryl methyl sites for hydroxylation is 1. The Hall–Kier alpha value is -3.43. The van der Waals surface area contributed by atoms with Gasteiger partial charge in [0.05, 0.1) is 13.1 Å². The maximum atomic E-state index is 13.0. The first kappa shape index (κ1) is 23.2. The first-order valence-electron chi connectivity index (χ1n) is 10.4. The summed E-state index contributed by atoms with van der Waals surface area (Å²) in [5, 5.41) is 2.15. The van der Waals surface area contributed by atoms with Crippen molar-refractivity contribution in [2.75, 3.05) is 13.1 Å². The SMILES string of the molecule is Cc1ccc(OC2CN(C(=O)OC(C)(C)C)C2)cc1C(=O)N(C=O)C1CCC(=O)NC1=O. The van der Waals surface area contributed by atoms with Gasteiger partial charge in [0.1, 0.15) is 23.5 Å². The van der Waals surface area contributed by atoms with E-state index in [9.17, 15) is 24.0 Å². The molecule has 0 saturated carbocycles. The van der Waals surface area contributed by atoms with E-state index in [1.54, 1.807) is 39.8 Å². The number of benzene rings is 1. The molecule has 10 nitrogen and oxygen atoms in total. The molecule has 2 heterocycles. The summed E-state index contributed by atoms with van der Waals surface area (Å²) in [7, 11) is 0. The zero-order valence-corrected chi connectivity index (χ0v) is 18.5. The van der Waals surface area contributed by atoms with E-state index < -0.39 is 35.5 Å². The Morgan fingerprint density at radius 3 is 2.50 bits per heavy atom. The van der Waals surface area contributed by atoms with Gasteiger partial charge in [-0.05, 0) is 51.8 Å². The summed E-state index contributed by atoms with van der Waals surface area (Å²) in [6.07, 6.45) is -0.243. The molecule has 0 bridgehead atoms. The Kier molecular flexibility index (Phi) is 6.52. The van der Waals surface area contributed by atoms with Crippen LogP contribution in [0.4, 0.5) is 4.79 Å². The molecule has 2 saturated heterocycles. The first-order chi connectivity index (χ1) is 15.0. The molecule has 32 heavy (non-hydrogen) atoms. The van der Waals surface area contributed by atoms with Gasteiger partial charge in [-0.2, -0.15) is 0 Å². The highest BCUT2D eigenvalue weighted by atomic mass is 16.6. The van der Waals surface area contributed by atoms with E-state index in [-0.39, 0.29) is 24.5 Å². The second-order valence-electron chi connectivity index (χ2n) is 8.89. The lowest BCUT2D eigenvalue weighted by Gasteiger charge is -2.39. The molecular weight excluding hydrogens is 418 g/mol. The van der Waals surface area contributed by atoms with Crippen LogP contribution in [0.3, 0.4) is 0 Å². The van der Waals surface area contributed by atoms with Crippen LogP contribution in [0.25, 0.3) is 0 Å². The number of ether oxygens (including phenoxy) is 2. The molecule has 3 rings (SSSR count). The smallest absolute Gasteiger partial charge is 0.410 e. The third-order valence-corrected chi connectivity index (χ3v) is 5.14. The Balaban J connectivity index is 1.66. The number of carbonyl (C=O) groups is 5. The Morgan fingerprint density at radius 1 is 1.22 bits per heavy atom. The van der Waals surface area contributed by atoms with Gasteiger partial charge in [-0.1, -0.05) is 6.07 Å². The minimum Gasteiger partial charge on any atom is -0.487 e. The molecule has 5 amide bonds. The van der Waals surface area contributed by atoms with Crippen LogP contribution in [0.1, 0.15) is 49.5 Å². The van der Waals surface area contributed by atoms with Crippen molar-refractivity contribution in [2.24, 2.45) is 0 Å². The predicted octanol–water partition coefficient (Wildman–Crippen LogP) is 1.40. The molecule has 1 atom stereocenters. The maximum absolute atomic E-state index is 13.0. The van der Waals surface area contributed by atoms with E-state index >= 15 is 0 Å². The van der Waals surface area contributed by atoms with Crippen LogP contribution in [0.2, 0.25) is 0 Å². The van der Waals surface area contributed by atoms with Crippen molar-refractivity contribution in [3.8, 4) is 5.75 Å². The Morgan fingerprint density at radius 2 is 1.91 bits per heavy atom. The van der Waals surface area contributed by atoms with Crippen molar-refractivity contribution in [1.29, 1.82) is 0 Å². The van der Waals surface area contributed by atoms with Gasteiger partial charge in [0.15, 0.2) is 0 Å². The summed E-state index contributed by atoms with van der Waals surface area (Å²) in [5.41, 5.74) is 0.232. The van der Waals surface area contributed by atoms with Crippen molar-refractivity contribution in [1.82, 2.24) is 15.1 Å². The van der Waals surface area contributed by atoms with Crippen molar-refractivity contribution >= 4 is 30.2 Å². The average molecular weight is 445 g/mol. The third kappa shape index (κ3) is 5.24. The molecule has 2 fully saturated rings. The fourth-order valence-corrected chi connectivity index (χ4v) is 3.44. The number of imide groups is 2. The lowest BCUT2D eigenvalue weighted by molar-refractivity contribution is -0.139. The van der Waals surface area contributed by atoms with Crippen LogP contribution in [-0.4, -0.2) is 70.9 Å². The van der Waals surface area contributed by atoms with E-state index in [1.807, 2.05) is 0 Å². The number of piperidine rings is 1. The summed E-state index contributed by atoms with van der Waals surface area (Å²) in [5.74, 6) is -1.36. The molecule has 1 aromatic carbocycles. The molecule has 1 N–H and O–H groups in total. The van der Waals surface area contributed by atoms with Crippen molar-refractivity contribution in [3.05, 3.63) is 29.3 Å². The van der Waals surface area contributed by atoms with Gasteiger partial charge < -0.3 is 14.4 Å². The summed E-state index contributed by atoms with van der Waals surface area (Å²) in [6.45, 7) is 7.78. The maximum Gasteiger partial charge on any atom is 0.410 e. The monoisotopic (exact) mass is 445 g/mol. The van der Waals surface area contributed by atoms with Crippen LogP contribution in [-0.2, 0) is 19.1 Å². The summed E-state index contributed by atoms with van der Waals surface area (Å²) >= 11 is 0. The second-order valence-corrected chi connectivity index (χ2v) is 8.89. The molecule has 0 aromatic heterocycles. The molecule has 0 spiro atoms. The largest absolute Gasteiger partial charge is 0.487 e. The molecule has 10 heteroatoms. The number of nitrogens with zero attached hydrogens (tertiary/aromatic N) is 2. The molecular formula is C22H27N3O7. The highest BCUT2D eigenvalue weighted by Gasteiger charge is 2.37. The number of hydrogen-bond donors (Lipinski definition) is 1. The summed E-state index contributed by atoms with van der Waals surface area (Å²) in [6, 6.07) is 3.84. The van der Waals surface area contributed by atoms with Crippen molar-refractivity contribution in [2.45, 2.75) is 58.3 Å². The molecule has 0 aliphatic carbocycles. The van der Waals surface area contributed by atoms with Gasteiger partial charge in [0, 0.05) is 12.0 Å². The molecule has 0 radical (unpaired) electrons. The van der Waals surface area contributed by atoms with Crippen LogP contribution in [0, 0.1) is 6.92 Å². The first-order valence-corrected chi connectivity index (χ1v) is 10.4. The van der Waals surface area contributed by atoms with Crippen LogP contribution < -0.4 is 10.1 Å². The van der Waals surface area contributed by atoms with Crippen molar-refractivity contribution < 1.29 is 33.4 Å². The van der Waals surface area contributed by atoms with Gasteiger partial charge in [-0.15, -0.1) is 0 Å². The van der Waals surface area contributed by atoms with E-state index in [0.29, 0.717) is 30.8 Å². The lowest BCUT2D eigenvalue weighted by atomic mass is 10.0. The Labute approximate surface area is 185 Å². The third-order valence-electron chi connectivity index (χ3n) is 5.14. The van der Waals surface area contributed by atoms with Crippen LogP contribution in [0.5, 0.6) is 5.75 Å². The zero-order chi connectivity index (χ0) is 23.6. The number of amides is 5. The van der Waals surface area contributed by atoms with Gasteiger partial charge in [0.25, 0.3) is 5.91 Å². The van der Waals surface area contributed by atoms with Crippen LogP contribution in [0.15, 0.2) is 18.2 Å². The molecule has 172 valence electrons. The number of rotatable bonds is 5. The van der Waals surface area contributed by atoms with Gasteiger partial charge in [0.2, 0.25) is 18.2 Å². The van der Waals surface area contributed by atoms with E-state index in [2.05, 4.69) is 5.32 Å². The van der Waals surface area contributed by atoms with Gasteiger partial charge in [-0.3, -0.25) is 29.4 Å². The standard InChI is InChI=1S/C22H27N3O7/c1-13-5-6-14(31-15-10-24(11-15)21(30)32-22(2,3)4)9-16(13)20(29)25(12-26)17-7-8-18(27)23-19(17)28/h5-6,9,12,15,17H,7-8,10-11H2,1-4H3,(H,23,27,28). The fraction of sp³-hybridized carbons (Fsp3) is 0.500. The normalized spacial score (nSPS) is 19.0. The molecule has 2 aliphatic rings. The number of hydrogen-bond acceptors (Lipinski definition) is 7. The van der Waals surface area contributed by atoms with Crippen molar-refractivity contribution in [3.63, 3.8) is 0 Å². The fourth-order valence-electron chi connectivity index (χ4n) is 3.44. The lowest BCUT2D eigenvalue weighted by Crippen LogP contribution is -2.57. The minimum absolute atomic E-state index is 0.0476. The number of nitrogens with one attached hydrogen (secondary N) is 1. The van der Waals surface area contributed by atoms with E-state index in [1.165, 1.54) is 11.0 Å². The average Bonchev–Trinajstić information content (AvgIpc) is 2.66. The number of carbonyl (C=O) groups excluding carboxylic acids is 5. The van der Waals surface area contributed by atoms with E-state index in [0.717, 1.165) is 4.90 Å². The number of likely N-dealkylation sites (tertiary alicyclic amines) is 1. The topological polar surface area (TPSA) is 122 Å². The van der Waals surface area contributed by atoms with E-state index in [4.69, 9.17) is 9.47 Å². The quantitative estimate of drug-likeness (QED) is 0.537. The highest BCUT2D eigenvalue weighted by molar-refractivity contribution is 6.07. The second kappa shape index (κ2) is 8.97. The van der Waals surface area contributed by atoms with Gasteiger partial charge in [-0.25, -0.2) is 4.79 Å². The molecule has 2 aliphatic heterocycles.